The van der Waals surface area contributed by atoms with Crippen molar-refractivity contribution in [2.24, 2.45) is 28.9 Å². The number of hydrogen-bond acceptors (Lipinski definition) is 26. The van der Waals surface area contributed by atoms with E-state index in [-0.39, 0.29) is 69.0 Å². The lowest BCUT2D eigenvalue weighted by Crippen LogP contribution is -2.61. The fourth-order valence-corrected chi connectivity index (χ4v) is 17.0. The average molecular weight is 1620 g/mol. The normalized spacial score (nSPS) is 28.7. The lowest BCUT2D eigenvalue weighted by atomic mass is 10.0. The van der Waals surface area contributed by atoms with Gasteiger partial charge in [0.05, 0.1) is 32.4 Å². The molecule has 0 radical (unpaired) electrons. The Morgan fingerprint density at radius 1 is 0.482 bits per heavy atom. The van der Waals surface area contributed by atoms with Crippen molar-refractivity contribution in [3.05, 3.63) is 29.8 Å². The Labute approximate surface area is 646 Å². The maximum Gasteiger partial charge on any atom is 0.305 e. The number of nitrogens with two attached hydrogens (primary N) is 4. The predicted molar refractivity (Wildman–Crippen MR) is 395 cm³/mol. The van der Waals surface area contributed by atoms with E-state index in [2.05, 4.69) is 63.8 Å². The van der Waals surface area contributed by atoms with Crippen LogP contribution in [0.25, 0.3) is 0 Å². The number of carbonyl (C=O) groups excluding carboxylic acids is 18. The van der Waals surface area contributed by atoms with E-state index in [1.807, 2.05) is 0 Å². The first kappa shape index (κ1) is 89.2. The molecule has 1 aromatic carbocycles. The molecule has 5 heterocycles. The fourth-order valence-electron chi connectivity index (χ4n) is 12.4. The van der Waals surface area contributed by atoms with Gasteiger partial charge in [0.2, 0.25) is 106 Å². The van der Waals surface area contributed by atoms with Crippen molar-refractivity contribution in [1.82, 2.24) is 78.5 Å². The van der Waals surface area contributed by atoms with Crippen molar-refractivity contribution >= 4 is 155 Å². The Morgan fingerprint density at radius 2 is 0.900 bits per heavy atom. The predicted octanol–water partition coefficient (Wildman–Crippen LogP) is -8.74. The molecular weight excluding hydrogens is 1530 g/mol. The largest absolute Gasteiger partial charge is 0.508 e. The summed E-state index contributed by atoms with van der Waals surface area (Å²) in [6.45, 7) is 3.84. The number of aliphatic hydroxyl groups excluding tert-OH is 1. The molecule has 45 heteroatoms. The molecule has 2 bridgehead atoms. The number of nitrogens with zero attached hydrogens (tertiary/aromatic N) is 3. The van der Waals surface area contributed by atoms with Gasteiger partial charge in [-0.05, 0) is 82.4 Å². The van der Waals surface area contributed by atoms with Crippen LogP contribution in [0, 0.1) is 5.92 Å². The third-order valence-corrected chi connectivity index (χ3v) is 22.9. The van der Waals surface area contributed by atoms with Crippen LogP contribution < -0.4 is 86.7 Å². The van der Waals surface area contributed by atoms with Gasteiger partial charge in [-0.3, -0.25) is 91.1 Å². The summed E-state index contributed by atoms with van der Waals surface area (Å²) in [5.74, 6) is -23.2. The van der Waals surface area contributed by atoms with Crippen LogP contribution >= 0.6 is 43.2 Å². The van der Waals surface area contributed by atoms with Crippen molar-refractivity contribution in [1.29, 1.82) is 0 Å². The number of carboxylic acids is 1. The number of nitrogens with one attached hydrogen (secondary N) is 12. The van der Waals surface area contributed by atoms with E-state index < -0.39 is 265 Å². The smallest absolute Gasteiger partial charge is 0.305 e. The Balaban J connectivity index is 1.44. The second-order valence-corrected chi connectivity index (χ2v) is 32.2. The van der Waals surface area contributed by atoms with E-state index in [0.29, 0.717) is 12.8 Å². The standard InChI is InChI=1S/C65H95N19O22S4/c1-29(2)18-37-63(104)84-17-7-10-46(84)65(106)83-16-6-9-45(83)62(103)81-42-27-110-108-26-41(72-49(89)23-66)59(100)80-43(60(101)78-39(24-85)57(98)76-37)28-109-107-25-40(51(69)92)79-54(95)34(19-32-11-13-33(86)14-12-32)74-56(97)36(22-50(90)91)75-61(102)44-8-5-15-82(44)64(105)38(21-48(68)88)77-55(96)35(20-47(67)87)73-53(94)31(4)70-52(93)30(3)71-58(42)99/h11-14,29-31,34-46,85-86H,5-10,15-28,66H2,1-4H3,(H2,67,87)(H2,68,88)(H2,69,92)(H,70,93)(H,71,99)(H,72,89)(H,73,94)(H,74,97)(H,75,102)(H,76,98)(H,77,96)(H,78,101)(H,79,95)(H,80,100)(H,81,103)(H,90,91)/t30-,31-,34-,35-,36-,37-,38-,39-,40-,41-,42-,43-,44-,45-,46-/m0/s1. The molecule has 0 saturated carbocycles. The van der Waals surface area contributed by atoms with E-state index >= 15 is 0 Å². The minimum absolute atomic E-state index is 0.0289. The van der Waals surface area contributed by atoms with Crippen LogP contribution in [0.1, 0.15) is 97.5 Å². The summed E-state index contributed by atoms with van der Waals surface area (Å²) in [7, 11) is 3.23. The van der Waals surface area contributed by atoms with Gasteiger partial charge in [0.15, 0.2) is 0 Å². The number of phenols is 1. The number of carbonyl (C=O) groups is 19. The molecule has 5 saturated heterocycles. The van der Waals surface area contributed by atoms with E-state index in [9.17, 15) is 106 Å². The summed E-state index contributed by atoms with van der Waals surface area (Å²) >= 11 is 0. The average Bonchev–Trinajstić information content (AvgIpc) is 1.63. The first-order chi connectivity index (χ1) is 52.0. The molecule has 1 aromatic rings. The monoisotopic (exact) mass is 1620 g/mol. The number of hydrogen-bond donors (Lipinski definition) is 19. The van der Waals surface area contributed by atoms with Gasteiger partial charge >= 0.3 is 5.97 Å². The number of aliphatic carboxylic acids is 1. The molecule has 0 spiro atoms. The second kappa shape index (κ2) is 42.5. The first-order valence-electron chi connectivity index (χ1n) is 35.2. The molecule has 18 amide bonds. The van der Waals surface area contributed by atoms with Crippen LogP contribution in [-0.4, -0.2) is 289 Å². The summed E-state index contributed by atoms with van der Waals surface area (Å²) in [4.78, 5) is 269. The summed E-state index contributed by atoms with van der Waals surface area (Å²) in [5.41, 5.74) is 22.8. The lowest BCUT2D eigenvalue weighted by Gasteiger charge is -2.34. The number of carboxylic acid groups (broad SMARTS) is 1. The summed E-state index contributed by atoms with van der Waals surface area (Å²) in [6.07, 6.45) is -2.87. The molecule has 0 aliphatic carbocycles. The van der Waals surface area contributed by atoms with E-state index in [1.165, 1.54) is 41.0 Å². The van der Waals surface area contributed by atoms with Crippen molar-refractivity contribution in [2.45, 2.75) is 189 Å². The minimum Gasteiger partial charge on any atom is -0.508 e. The van der Waals surface area contributed by atoms with Gasteiger partial charge in [-0.15, -0.1) is 0 Å². The van der Waals surface area contributed by atoms with Crippen molar-refractivity contribution < 1.29 is 106 Å². The molecular formula is C65H95N19O22S4. The van der Waals surface area contributed by atoms with Crippen LogP contribution in [0.5, 0.6) is 5.75 Å². The minimum atomic E-state index is -2.05. The van der Waals surface area contributed by atoms with Gasteiger partial charge in [0.25, 0.3) is 0 Å². The molecule has 5 fully saturated rings. The first-order valence-corrected chi connectivity index (χ1v) is 40.2. The number of primary amides is 3. The van der Waals surface area contributed by atoms with Crippen molar-refractivity contribution in [3.8, 4) is 5.75 Å². The molecule has 41 nitrogen and oxygen atoms in total. The number of rotatable bonds is 14. The number of aromatic hydroxyl groups is 1. The Morgan fingerprint density at radius 3 is 1.45 bits per heavy atom. The van der Waals surface area contributed by atoms with Crippen LogP contribution in [0.2, 0.25) is 0 Å². The highest BCUT2D eigenvalue weighted by Crippen LogP contribution is 2.30. The molecule has 15 atom stereocenters. The van der Waals surface area contributed by atoms with Crippen molar-refractivity contribution in [2.75, 3.05) is 55.8 Å². The topological polar surface area (TPSA) is 643 Å². The number of aliphatic hydroxyl groups is 1. The lowest BCUT2D eigenvalue weighted by molar-refractivity contribution is -0.148. The molecule has 110 heavy (non-hydrogen) atoms. The van der Waals surface area contributed by atoms with Gasteiger partial charge in [-0.1, -0.05) is 69.2 Å². The molecule has 5 aliphatic rings. The Hall–Kier alpha value is -9.73. The highest BCUT2D eigenvalue weighted by Gasteiger charge is 2.46. The number of phenolic OH excluding ortho intramolecular Hbond substituents is 1. The Kier molecular flexibility index (Phi) is 34.4. The molecule has 23 N–H and O–H groups in total. The van der Waals surface area contributed by atoms with Gasteiger partial charge in [-0.2, -0.15) is 0 Å². The fraction of sp³-hybridized carbons (Fsp3) is 0.615. The third-order valence-electron chi connectivity index (χ3n) is 18.1. The zero-order valence-corrected chi connectivity index (χ0v) is 63.8. The van der Waals surface area contributed by atoms with E-state index in [4.69, 9.17) is 22.9 Å². The number of fused-ring (bicyclic) bond motifs is 11. The van der Waals surface area contributed by atoms with Crippen LogP contribution in [0.3, 0.4) is 0 Å². The second-order valence-electron chi connectivity index (χ2n) is 27.1. The molecule has 0 aromatic heterocycles. The molecule has 6 rings (SSSR count). The van der Waals surface area contributed by atoms with Gasteiger partial charge in [0.1, 0.15) is 96.4 Å². The van der Waals surface area contributed by atoms with Crippen LogP contribution in [0.15, 0.2) is 24.3 Å². The van der Waals surface area contributed by atoms with Crippen LogP contribution in [0.4, 0.5) is 0 Å². The zero-order chi connectivity index (χ0) is 81.4. The maximum atomic E-state index is 14.7. The number of amides is 18. The quantitative estimate of drug-likeness (QED) is 0.0769. The van der Waals surface area contributed by atoms with Crippen LogP contribution in [-0.2, 0) is 97.5 Å². The zero-order valence-electron chi connectivity index (χ0n) is 60.6. The van der Waals surface area contributed by atoms with Gasteiger partial charge in [0, 0.05) is 49.1 Å². The summed E-state index contributed by atoms with van der Waals surface area (Å²) in [5, 5.41) is 59.8. The number of benzene rings is 1. The van der Waals surface area contributed by atoms with E-state index in [1.54, 1.807) is 13.8 Å². The Bertz CT molecular complexity index is 3640. The highest BCUT2D eigenvalue weighted by molar-refractivity contribution is 8.77. The summed E-state index contributed by atoms with van der Waals surface area (Å²) in [6, 6.07) is -19.5. The van der Waals surface area contributed by atoms with Gasteiger partial charge in [-0.25, -0.2) is 0 Å². The van der Waals surface area contributed by atoms with E-state index in [0.717, 1.165) is 55.0 Å². The maximum absolute atomic E-state index is 14.7. The molecule has 5 aliphatic heterocycles. The highest BCUT2D eigenvalue weighted by atomic mass is 33.1. The van der Waals surface area contributed by atoms with Gasteiger partial charge < -0.3 is 117 Å². The summed E-state index contributed by atoms with van der Waals surface area (Å²) < 4.78 is 0. The molecule has 0 unspecified atom stereocenters. The third kappa shape index (κ3) is 26.2. The van der Waals surface area contributed by atoms with Crippen molar-refractivity contribution in [3.63, 3.8) is 0 Å². The molecule has 606 valence electrons. The SMILES string of the molecule is CC(C)C[C@@H]1NC(=O)[C@H](CO)NC(=O)[C@@H]2CSSC[C@@H](C(N)=O)NC(=O)[C@H](Cc3ccc(O)cc3)NC(=O)[C@H](CC(=O)O)NC(=O)[C@@H]3CCCN3C(=O)[C@H](CC(N)=O)NC(=O)[C@H](CC(N)=O)NC(=O)[C@H](C)NC(=O)[C@H](C)NC(=O)[C@H](CSSC[C@H](NC(=O)CN)C(=O)N2)NC(=O)[C@@H]2CCCN2C(=O)[C@@H]2CCCN2C1=O.